The van der Waals surface area contributed by atoms with Crippen LogP contribution in [0, 0.1) is 0 Å². The lowest BCUT2D eigenvalue weighted by Crippen LogP contribution is -2.38. The number of rotatable bonds is 6. The Labute approximate surface area is 166 Å². The number of carbonyl (C=O) groups excluding carboxylic acids is 2. The quantitative estimate of drug-likeness (QED) is 0.782. The third-order valence-electron chi connectivity index (χ3n) is 4.75. The highest BCUT2D eigenvalue weighted by Gasteiger charge is 2.31. The lowest BCUT2D eigenvalue weighted by molar-refractivity contribution is -0.121. The molecular formula is C23H26N2O3. The van der Waals surface area contributed by atoms with E-state index >= 15 is 0 Å². The molecule has 3 rings (SSSR count). The fourth-order valence-corrected chi connectivity index (χ4v) is 3.11. The van der Waals surface area contributed by atoms with Crippen LogP contribution in [0.5, 0.6) is 5.75 Å². The molecule has 0 unspecified atom stereocenters. The Morgan fingerprint density at radius 1 is 1.07 bits per heavy atom. The van der Waals surface area contributed by atoms with Gasteiger partial charge >= 0.3 is 0 Å². The molecule has 0 bridgehead atoms. The summed E-state index contributed by atoms with van der Waals surface area (Å²) >= 11 is 0. The van der Waals surface area contributed by atoms with Crippen molar-refractivity contribution in [3.63, 3.8) is 0 Å². The van der Waals surface area contributed by atoms with E-state index in [0.717, 1.165) is 11.3 Å². The molecule has 1 N–H and O–H groups in total. The number of fused-ring (bicyclic) bond motifs is 1. The van der Waals surface area contributed by atoms with E-state index < -0.39 is 0 Å². The van der Waals surface area contributed by atoms with Crippen molar-refractivity contribution in [3.8, 4) is 5.75 Å². The molecule has 1 aliphatic heterocycles. The van der Waals surface area contributed by atoms with Gasteiger partial charge in [-0.2, -0.15) is 0 Å². The van der Waals surface area contributed by atoms with Gasteiger partial charge in [-0.1, -0.05) is 57.7 Å². The number of amides is 2. The summed E-state index contributed by atoms with van der Waals surface area (Å²) in [6.45, 7) is 11.1. The molecule has 1 aliphatic rings. The van der Waals surface area contributed by atoms with Crippen molar-refractivity contribution in [2.24, 2.45) is 0 Å². The van der Waals surface area contributed by atoms with Gasteiger partial charge in [-0.15, -0.1) is 0 Å². The molecule has 146 valence electrons. The minimum Gasteiger partial charge on any atom is -0.492 e. The number of carbonyl (C=O) groups is 2. The van der Waals surface area contributed by atoms with Gasteiger partial charge < -0.3 is 10.1 Å². The van der Waals surface area contributed by atoms with Gasteiger partial charge in [-0.25, -0.2) is 0 Å². The predicted molar refractivity (Wildman–Crippen MR) is 110 cm³/mol. The SMILES string of the molecule is C=C1c2ccccc2C(=O)N1CC(=O)NCCOc1ccc(C(C)(C)C)cc1. The molecule has 0 saturated heterocycles. The van der Waals surface area contributed by atoms with Crippen molar-refractivity contribution in [2.45, 2.75) is 26.2 Å². The molecule has 0 radical (unpaired) electrons. The molecule has 0 aromatic heterocycles. The topological polar surface area (TPSA) is 58.6 Å². The zero-order valence-corrected chi connectivity index (χ0v) is 16.6. The molecule has 0 spiro atoms. The minimum atomic E-state index is -0.242. The minimum absolute atomic E-state index is 0.0490. The summed E-state index contributed by atoms with van der Waals surface area (Å²) in [4.78, 5) is 26.0. The second-order valence-electron chi connectivity index (χ2n) is 7.86. The van der Waals surface area contributed by atoms with Crippen LogP contribution in [0.15, 0.2) is 55.1 Å². The van der Waals surface area contributed by atoms with Gasteiger partial charge in [0, 0.05) is 16.8 Å². The molecule has 2 aromatic rings. The molecule has 0 saturated carbocycles. The number of hydrogen-bond donors (Lipinski definition) is 1. The van der Waals surface area contributed by atoms with Crippen LogP contribution in [-0.2, 0) is 10.2 Å². The summed E-state index contributed by atoms with van der Waals surface area (Å²) in [5.74, 6) is 0.334. The first-order chi connectivity index (χ1) is 13.3. The summed E-state index contributed by atoms with van der Waals surface area (Å²) in [6.07, 6.45) is 0. The van der Waals surface area contributed by atoms with Crippen LogP contribution in [0.25, 0.3) is 5.70 Å². The fraction of sp³-hybridized carbons (Fsp3) is 0.304. The summed E-state index contributed by atoms with van der Waals surface area (Å²) in [5, 5.41) is 2.78. The van der Waals surface area contributed by atoms with Crippen molar-refractivity contribution in [1.82, 2.24) is 10.2 Å². The Bertz CT molecular complexity index is 860. The number of benzene rings is 2. The zero-order chi connectivity index (χ0) is 20.3. The number of nitrogens with one attached hydrogen (secondary N) is 1. The van der Waals surface area contributed by atoms with Gasteiger partial charge in [0.25, 0.3) is 5.91 Å². The van der Waals surface area contributed by atoms with Crippen LogP contribution in [0.2, 0.25) is 0 Å². The van der Waals surface area contributed by atoms with Crippen molar-refractivity contribution < 1.29 is 14.3 Å². The van der Waals surface area contributed by atoms with Crippen LogP contribution >= 0.6 is 0 Å². The van der Waals surface area contributed by atoms with E-state index in [4.69, 9.17) is 4.74 Å². The van der Waals surface area contributed by atoms with E-state index in [1.807, 2.05) is 24.3 Å². The summed E-state index contributed by atoms with van der Waals surface area (Å²) in [6, 6.07) is 15.2. The monoisotopic (exact) mass is 378 g/mol. The average molecular weight is 378 g/mol. The number of hydrogen-bond acceptors (Lipinski definition) is 3. The van der Waals surface area contributed by atoms with Gasteiger partial charge in [0.15, 0.2) is 0 Å². The molecule has 2 aromatic carbocycles. The van der Waals surface area contributed by atoms with E-state index in [2.05, 4.69) is 44.8 Å². The van der Waals surface area contributed by atoms with Gasteiger partial charge in [0.05, 0.1) is 6.54 Å². The molecule has 2 amide bonds. The van der Waals surface area contributed by atoms with Crippen LogP contribution in [0.1, 0.15) is 42.3 Å². The Morgan fingerprint density at radius 2 is 1.71 bits per heavy atom. The van der Waals surface area contributed by atoms with Gasteiger partial charge in [0.1, 0.15) is 18.9 Å². The van der Waals surface area contributed by atoms with E-state index in [1.54, 1.807) is 12.1 Å². The van der Waals surface area contributed by atoms with Gasteiger partial charge in [-0.05, 0) is 29.2 Å². The Kier molecular flexibility index (Phi) is 5.54. The summed E-state index contributed by atoms with van der Waals surface area (Å²) < 4.78 is 5.67. The molecule has 0 aliphatic carbocycles. The van der Waals surface area contributed by atoms with Crippen molar-refractivity contribution in [2.75, 3.05) is 19.7 Å². The summed E-state index contributed by atoms with van der Waals surface area (Å²) in [5.41, 5.74) is 3.27. The van der Waals surface area contributed by atoms with E-state index in [-0.39, 0.29) is 23.8 Å². The molecule has 5 nitrogen and oxygen atoms in total. The maximum Gasteiger partial charge on any atom is 0.259 e. The molecular weight excluding hydrogens is 352 g/mol. The molecule has 0 atom stereocenters. The normalized spacial score (nSPS) is 13.5. The van der Waals surface area contributed by atoms with E-state index in [0.29, 0.717) is 24.4 Å². The maximum absolute atomic E-state index is 12.4. The van der Waals surface area contributed by atoms with Crippen LogP contribution in [0.3, 0.4) is 0 Å². The summed E-state index contributed by atoms with van der Waals surface area (Å²) in [7, 11) is 0. The van der Waals surface area contributed by atoms with Crippen LogP contribution in [0.4, 0.5) is 0 Å². The average Bonchev–Trinajstić information content (AvgIpc) is 2.90. The smallest absolute Gasteiger partial charge is 0.259 e. The Morgan fingerprint density at radius 3 is 2.32 bits per heavy atom. The zero-order valence-electron chi connectivity index (χ0n) is 16.6. The first-order valence-corrected chi connectivity index (χ1v) is 9.37. The highest BCUT2D eigenvalue weighted by Crippen LogP contribution is 2.30. The van der Waals surface area contributed by atoms with Gasteiger partial charge in [0.2, 0.25) is 5.91 Å². The van der Waals surface area contributed by atoms with Crippen molar-refractivity contribution in [1.29, 1.82) is 0 Å². The Balaban J connectivity index is 1.44. The van der Waals surface area contributed by atoms with Crippen LogP contribution < -0.4 is 10.1 Å². The van der Waals surface area contributed by atoms with Crippen molar-refractivity contribution >= 4 is 17.5 Å². The maximum atomic E-state index is 12.4. The third-order valence-corrected chi connectivity index (χ3v) is 4.75. The first kappa shape index (κ1) is 19.7. The third kappa shape index (κ3) is 4.25. The Hall–Kier alpha value is -3.08. The fourth-order valence-electron chi connectivity index (χ4n) is 3.11. The number of nitrogens with zero attached hydrogens (tertiary/aromatic N) is 1. The number of ether oxygens (including phenoxy) is 1. The largest absolute Gasteiger partial charge is 0.492 e. The second-order valence-corrected chi connectivity index (χ2v) is 7.86. The lowest BCUT2D eigenvalue weighted by atomic mass is 9.87. The van der Waals surface area contributed by atoms with E-state index in [9.17, 15) is 9.59 Å². The first-order valence-electron chi connectivity index (χ1n) is 9.37. The lowest BCUT2D eigenvalue weighted by Gasteiger charge is -2.19. The highest BCUT2D eigenvalue weighted by atomic mass is 16.5. The van der Waals surface area contributed by atoms with Crippen molar-refractivity contribution in [3.05, 3.63) is 71.8 Å². The molecule has 5 heteroatoms. The molecule has 28 heavy (non-hydrogen) atoms. The standard InChI is InChI=1S/C23H26N2O3/c1-16-19-7-5-6-8-20(19)22(27)25(16)15-21(26)24-13-14-28-18-11-9-17(10-12-18)23(2,3)4/h5-12H,1,13-15H2,2-4H3,(H,24,26). The van der Waals surface area contributed by atoms with Gasteiger partial charge in [-0.3, -0.25) is 14.5 Å². The van der Waals surface area contributed by atoms with Crippen LogP contribution in [-0.4, -0.2) is 36.4 Å². The highest BCUT2D eigenvalue weighted by molar-refractivity contribution is 6.10. The molecule has 0 fully saturated rings. The molecule has 1 heterocycles. The second kappa shape index (κ2) is 7.89. The predicted octanol–water partition coefficient (Wildman–Crippen LogP) is 3.61. The van der Waals surface area contributed by atoms with E-state index in [1.165, 1.54) is 10.5 Å².